The van der Waals surface area contributed by atoms with E-state index in [1.807, 2.05) is 21.1 Å². The fourth-order valence-electron chi connectivity index (χ4n) is 1.06. The van der Waals surface area contributed by atoms with Crippen molar-refractivity contribution in [1.29, 1.82) is 0 Å². The topological polar surface area (TPSA) is 110 Å². The van der Waals surface area contributed by atoms with Crippen molar-refractivity contribution in [3.8, 4) is 0 Å². The molecule has 0 heterocycles. The van der Waals surface area contributed by atoms with Crippen LogP contribution in [0.5, 0.6) is 0 Å². The Balaban J connectivity index is 0.000000511. The number of halogens is 1. The van der Waals surface area contributed by atoms with Gasteiger partial charge >= 0.3 is 0 Å². The molecule has 0 aliphatic heterocycles. The Morgan fingerprint density at radius 3 is 2.05 bits per heavy atom. The van der Waals surface area contributed by atoms with Crippen molar-refractivity contribution in [2.75, 3.05) is 28.3 Å². The fourth-order valence-corrected chi connectivity index (χ4v) is 1.24. The molecular weight excluding hydrogens is 312 g/mol. The first kappa shape index (κ1) is 18.7. The van der Waals surface area contributed by atoms with E-state index in [0.29, 0.717) is 4.48 Å². The van der Waals surface area contributed by atoms with E-state index < -0.39 is 15.3 Å². The van der Waals surface area contributed by atoms with Crippen LogP contribution in [0.4, 0.5) is 11.4 Å². The van der Waals surface area contributed by atoms with Crippen LogP contribution in [0.1, 0.15) is 0 Å². The summed E-state index contributed by atoms with van der Waals surface area (Å²) in [6, 6.07) is 4.84. The van der Waals surface area contributed by atoms with Crippen LogP contribution >= 0.6 is 11.6 Å². The van der Waals surface area contributed by atoms with E-state index in [-0.39, 0.29) is 10.7 Å². The SMILES string of the molecule is COS(=O)(=O)[O-].C[N+](C)(C)c1ccc(Cl)c([N+](=O)[O-])c1. The Labute approximate surface area is 122 Å². The smallest absolute Gasteiger partial charge is 0.293 e. The molecule has 1 aromatic carbocycles. The van der Waals surface area contributed by atoms with Crippen LogP contribution in [-0.2, 0) is 14.6 Å². The van der Waals surface area contributed by atoms with Crippen LogP contribution < -0.4 is 4.48 Å². The molecule has 8 nitrogen and oxygen atoms in total. The third kappa shape index (κ3) is 6.78. The lowest BCUT2D eigenvalue weighted by Crippen LogP contribution is -2.34. The second-order valence-electron chi connectivity index (χ2n) is 4.48. The summed E-state index contributed by atoms with van der Waals surface area (Å²) in [5.41, 5.74) is 0.804. The first-order valence-corrected chi connectivity index (χ1v) is 6.87. The largest absolute Gasteiger partial charge is 0.726 e. The van der Waals surface area contributed by atoms with E-state index >= 15 is 0 Å². The van der Waals surface area contributed by atoms with Gasteiger partial charge in [0, 0.05) is 6.07 Å². The molecule has 1 aromatic rings. The van der Waals surface area contributed by atoms with Crippen molar-refractivity contribution in [2.24, 2.45) is 0 Å². The fraction of sp³-hybridized carbons (Fsp3) is 0.400. The van der Waals surface area contributed by atoms with Gasteiger partial charge in [0.15, 0.2) is 0 Å². The first-order chi connectivity index (χ1) is 8.88. The molecule has 0 aliphatic carbocycles. The summed E-state index contributed by atoms with van der Waals surface area (Å²) in [7, 11) is 2.21. The van der Waals surface area contributed by atoms with Gasteiger partial charge in [-0.15, -0.1) is 0 Å². The molecular formula is C10H15ClN2O6S. The molecule has 0 amide bonds. The zero-order valence-corrected chi connectivity index (χ0v) is 12.9. The normalized spacial score (nSPS) is 11.5. The summed E-state index contributed by atoms with van der Waals surface area (Å²) in [6.07, 6.45) is 0. The van der Waals surface area contributed by atoms with Gasteiger partial charge in [-0.1, -0.05) is 11.6 Å². The molecule has 0 atom stereocenters. The number of benzene rings is 1. The molecule has 0 fully saturated rings. The average Bonchev–Trinajstić information content (AvgIpc) is 2.27. The Morgan fingerprint density at radius 2 is 1.75 bits per heavy atom. The average molecular weight is 327 g/mol. The number of hydrogen-bond acceptors (Lipinski definition) is 6. The summed E-state index contributed by atoms with van der Waals surface area (Å²) < 4.78 is 31.5. The molecule has 0 bridgehead atoms. The maximum atomic E-state index is 10.6. The van der Waals surface area contributed by atoms with E-state index in [1.165, 1.54) is 6.07 Å². The van der Waals surface area contributed by atoms with Crippen LogP contribution in [0, 0.1) is 10.1 Å². The van der Waals surface area contributed by atoms with Gasteiger partial charge < -0.3 is 4.55 Å². The molecule has 0 aromatic heterocycles. The maximum absolute atomic E-state index is 10.6. The predicted molar refractivity (Wildman–Crippen MR) is 74.4 cm³/mol. The molecule has 0 saturated heterocycles. The van der Waals surface area contributed by atoms with Gasteiger partial charge in [0.2, 0.25) is 10.4 Å². The molecule has 114 valence electrons. The highest BCUT2D eigenvalue weighted by atomic mass is 35.5. The number of nitro benzene ring substituents is 1. The van der Waals surface area contributed by atoms with Gasteiger partial charge in [0.25, 0.3) is 5.69 Å². The Morgan fingerprint density at radius 1 is 1.30 bits per heavy atom. The monoisotopic (exact) mass is 326 g/mol. The molecule has 0 aliphatic rings. The third-order valence-corrected chi connectivity index (χ3v) is 2.83. The van der Waals surface area contributed by atoms with Gasteiger partial charge in [-0.05, 0) is 6.07 Å². The maximum Gasteiger partial charge on any atom is 0.293 e. The van der Waals surface area contributed by atoms with Crippen LogP contribution in [0.25, 0.3) is 0 Å². The molecule has 20 heavy (non-hydrogen) atoms. The van der Waals surface area contributed by atoms with Gasteiger partial charge in [-0.3, -0.25) is 18.8 Å². The Hall–Kier alpha value is -1.26. The summed E-state index contributed by atoms with van der Waals surface area (Å²) in [5, 5.41) is 10.8. The van der Waals surface area contributed by atoms with Crippen molar-refractivity contribution >= 4 is 33.4 Å². The molecule has 0 unspecified atom stereocenters. The molecule has 10 heteroatoms. The quantitative estimate of drug-likeness (QED) is 0.274. The number of nitrogens with zero attached hydrogens (tertiary/aromatic N) is 2. The minimum absolute atomic E-state index is 0.0442. The Kier molecular flexibility index (Phi) is 6.51. The van der Waals surface area contributed by atoms with Crippen LogP contribution in [0.2, 0.25) is 5.02 Å². The third-order valence-electron chi connectivity index (χ3n) is 2.11. The number of hydrogen-bond donors (Lipinski definition) is 0. The minimum atomic E-state index is -4.41. The lowest BCUT2D eigenvalue weighted by Gasteiger charge is -2.22. The number of rotatable bonds is 3. The summed E-state index contributed by atoms with van der Waals surface area (Å²) >= 11 is 5.69. The highest BCUT2D eigenvalue weighted by Crippen LogP contribution is 2.30. The summed E-state index contributed by atoms with van der Waals surface area (Å²) in [6.45, 7) is 0. The lowest BCUT2D eigenvalue weighted by atomic mass is 10.2. The van der Waals surface area contributed by atoms with Crippen molar-refractivity contribution in [2.45, 2.75) is 0 Å². The summed E-state index contributed by atoms with van der Waals surface area (Å²) in [4.78, 5) is 10.1. The molecule has 0 saturated carbocycles. The van der Waals surface area contributed by atoms with Crippen molar-refractivity contribution in [1.82, 2.24) is 4.48 Å². The van der Waals surface area contributed by atoms with E-state index in [2.05, 4.69) is 4.18 Å². The molecule has 0 N–H and O–H groups in total. The highest BCUT2D eigenvalue weighted by Gasteiger charge is 2.19. The van der Waals surface area contributed by atoms with Crippen molar-refractivity contribution in [3.05, 3.63) is 33.3 Å². The Bertz CT molecular complexity index is 582. The minimum Gasteiger partial charge on any atom is -0.726 e. The zero-order chi connectivity index (χ0) is 16.1. The van der Waals surface area contributed by atoms with E-state index in [0.717, 1.165) is 12.8 Å². The molecule has 0 spiro atoms. The standard InChI is InChI=1S/C9H12ClN2O2.CH4O4S/c1-12(2,3)7-4-5-8(10)9(6-7)11(13)14;1-5-6(2,3)4/h4-6H,1-3H3;1H3,(H,2,3,4)/q+1;/p-1. The number of nitro groups is 1. The van der Waals surface area contributed by atoms with Crippen molar-refractivity contribution < 1.29 is 22.1 Å². The highest BCUT2D eigenvalue weighted by molar-refractivity contribution is 7.80. The second kappa shape index (κ2) is 6.95. The van der Waals surface area contributed by atoms with Crippen LogP contribution in [0.15, 0.2) is 18.2 Å². The molecule has 0 radical (unpaired) electrons. The van der Waals surface area contributed by atoms with Crippen molar-refractivity contribution in [3.63, 3.8) is 0 Å². The predicted octanol–water partition coefficient (Wildman–Crippen LogP) is 1.54. The molecule has 1 rings (SSSR count). The van der Waals surface area contributed by atoms with Gasteiger partial charge in [0.1, 0.15) is 10.7 Å². The van der Waals surface area contributed by atoms with Crippen LogP contribution in [-0.4, -0.2) is 46.1 Å². The van der Waals surface area contributed by atoms with E-state index in [1.54, 1.807) is 12.1 Å². The van der Waals surface area contributed by atoms with E-state index in [9.17, 15) is 23.1 Å². The zero-order valence-electron chi connectivity index (χ0n) is 11.4. The lowest BCUT2D eigenvalue weighted by molar-refractivity contribution is -0.384. The number of quaternary nitrogens is 1. The summed E-state index contributed by atoms with van der Waals surface area (Å²) in [5.74, 6) is 0. The van der Waals surface area contributed by atoms with Gasteiger partial charge in [0.05, 0.1) is 39.2 Å². The van der Waals surface area contributed by atoms with Crippen LogP contribution in [0.3, 0.4) is 0 Å². The van der Waals surface area contributed by atoms with Gasteiger partial charge in [-0.25, -0.2) is 8.42 Å². The van der Waals surface area contributed by atoms with E-state index in [4.69, 9.17) is 11.6 Å². The second-order valence-corrected chi connectivity index (χ2v) is 6.04. The van der Waals surface area contributed by atoms with Gasteiger partial charge in [-0.2, -0.15) is 0 Å². The first-order valence-electron chi connectivity index (χ1n) is 5.16.